The first kappa shape index (κ1) is 21.9. The molecule has 2 amide bonds. The average Bonchev–Trinajstić information content (AvgIpc) is 2.69. The van der Waals surface area contributed by atoms with Crippen molar-refractivity contribution in [1.29, 1.82) is 0 Å². The van der Waals surface area contributed by atoms with E-state index < -0.39 is 17.7 Å². The highest BCUT2D eigenvalue weighted by Gasteiger charge is 2.32. The lowest BCUT2D eigenvalue weighted by Gasteiger charge is -2.23. The number of ether oxygens (including phenoxy) is 3. The summed E-state index contributed by atoms with van der Waals surface area (Å²) in [4.78, 5) is 26.3. The number of amides is 2. The summed E-state index contributed by atoms with van der Waals surface area (Å²) in [5.74, 6) is 1.62. The van der Waals surface area contributed by atoms with Gasteiger partial charge in [0.05, 0.1) is 12.3 Å². The molecule has 2 rings (SSSR count). The van der Waals surface area contributed by atoms with E-state index in [0.29, 0.717) is 29.7 Å². The molecule has 0 fully saturated rings. The van der Waals surface area contributed by atoms with Crippen LogP contribution in [0.15, 0.2) is 18.2 Å². The van der Waals surface area contributed by atoms with Crippen LogP contribution in [0.1, 0.15) is 47.5 Å². The SMILES string of the molecule is CC(C)CCCOc1ccc2c(c1)N(C)C(=O)[C@@H](NC(=O)OC(C)(C)C)CO2. The van der Waals surface area contributed by atoms with Gasteiger partial charge >= 0.3 is 6.09 Å². The Hall–Kier alpha value is -2.44. The molecule has 1 aliphatic heterocycles. The number of carbonyl (C=O) groups is 2. The lowest BCUT2D eigenvalue weighted by Crippen LogP contribution is -2.50. The summed E-state index contributed by atoms with van der Waals surface area (Å²) in [6.07, 6.45) is 1.43. The van der Waals surface area contributed by atoms with Crippen molar-refractivity contribution in [2.75, 3.05) is 25.2 Å². The van der Waals surface area contributed by atoms with Gasteiger partial charge in [-0.2, -0.15) is 0 Å². The van der Waals surface area contributed by atoms with Crippen LogP contribution in [0, 0.1) is 5.92 Å². The maximum Gasteiger partial charge on any atom is 0.408 e. The Morgan fingerprint density at radius 3 is 2.71 bits per heavy atom. The average molecular weight is 392 g/mol. The van der Waals surface area contributed by atoms with Crippen molar-refractivity contribution in [2.24, 2.45) is 5.92 Å². The second-order valence-corrected chi connectivity index (χ2v) is 8.42. The number of nitrogens with zero attached hydrogens (tertiary/aromatic N) is 1. The predicted octanol–water partition coefficient (Wildman–Crippen LogP) is 3.75. The van der Waals surface area contributed by atoms with Gasteiger partial charge in [0.1, 0.15) is 29.7 Å². The van der Waals surface area contributed by atoms with Gasteiger partial charge < -0.3 is 24.4 Å². The number of carbonyl (C=O) groups excluding carboxylic acids is 2. The van der Waals surface area contributed by atoms with Gasteiger partial charge in [-0.3, -0.25) is 4.79 Å². The van der Waals surface area contributed by atoms with Gasteiger partial charge in [-0.25, -0.2) is 4.79 Å². The third kappa shape index (κ3) is 6.32. The molecule has 0 aromatic heterocycles. The number of hydrogen-bond acceptors (Lipinski definition) is 5. The Labute approximate surface area is 167 Å². The minimum Gasteiger partial charge on any atom is -0.494 e. The van der Waals surface area contributed by atoms with Crippen LogP contribution in [0.3, 0.4) is 0 Å². The highest BCUT2D eigenvalue weighted by atomic mass is 16.6. The number of alkyl carbamates (subject to hydrolysis) is 1. The summed E-state index contributed by atoms with van der Waals surface area (Å²) in [7, 11) is 1.65. The lowest BCUT2D eigenvalue weighted by molar-refractivity contribution is -0.120. The Kier molecular flexibility index (Phi) is 7.16. The van der Waals surface area contributed by atoms with E-state index in [1.807, 2.05) is 6.07 Å². The standard InChI is InChI=1S/C21H32N2O5/c1-14(2)8-7-11-26-15-9-10-18-17(12-15)23(6)19(24)16(13-27-18)22-20(25)28-21(3,4)5/h9-10,12,14,16H,7-8,11,13H2,1-6H3,(H,22,25)/t16-/m0/s1. The zero-order valence-electron chi connectivity index (χ0n) is 17.7. The topological polar surface area (TPSA) is 77.1 Å². The van der Waals surface area contributed by atoms with Gasteiger partial charge in [0.15, 0.2) is 0 Å². The Morgan fingerprint density at radius 2 is 2.07 bits per heavy atom. The Balaban J connectivity index is 2.04. The highest BCUT2D eigenvalue weighted by molar-refractivity contribution is 6.00. The smallest absolute Gasteiger partial charge is 0.408 e. The molecule has 28 heavy (non-hydrogen) atoms. The van der Waals surface area contributed by atoms with E-state index in [0.717, 1.165) is 12.8 Å². The normalized spacial score (nSPS) is 16.9. The van der Waals surface area contributed by atoms with Crippen LogP contribution in [0.4, 0.5) is 10.5 Å². The van der Waals surface area contributed by atoms with Crippen LogP contribution >= 0.6 is 0 Å². The van der Waals surface area contributed by atoms with Gasteiger partial charge in [0, 0.05) is 13.1 Å². The number of rotatable bonds is 6. The first-order valence-electron chi connectivity index (χ1n) is 9.73. The second-order valence-electron chi connectivity index (χ2n) is 8.42. The van der Waals surface area contributed by atoms with Crippen molar-refractivity contribution >= 4 is 17.7 Å². The molecule has 0 radical (unpaired) electrons. The summed E-state index contributed by atoms with van der Waals surface area (Å²) in [5.41, 5.74) is -0.0325. The van der Waals surface area contributed by atoms with Gasteiger partial charge in [0.2, 0.25) is 0 Å². The molecule has 156 valence electrons. The fourth-order valence-corrected chi connectivity index (χ4v) is 2.80. The maximum absolute atomic E-state index is 12.8. The maximum atomic E-state index is 12.8. The van der Waals surface area contributed by atoms with E-state index in [1.165, 1.54) is 4.90 Å². The van der Waals surface area contributed by atoms with Crippen LogP contribution in [-0.2, 0) is 9.53 Å². The van der Waals surface area contributed by atoms with Crippen LogP contribution in [-0.4, -0.2) is 43.9 Å². The van der Waals surface area contributed by atoms with Crippen LogP contribution < -0.4 is 19.7 Å². The molecule has 0 saturated heterocycles. The summed E-state index contributed by atoms with van der Waals surface area (Å²) >= 11 is 0. The fourth-order valence-electron chi connectivity index (χ4n) is 2.80. The van der Waals surface area contributed by atoms with E-state index in [1.54, 1.807) is 40.0 Å². The van der Waals surface area contributed by atoms with Crippen LogP contribution in [0.25, 0.3) is 0 Å². The van der Waals surface area contributed by atoms with Crippen LogP contribution in [0.2, 0.25) is 0 Å². The first-order chi connectivity index (χ1) is 13.1. The zero-order chi connectivity index (χ0) is 20.9. The summed E-state index contributed by atoms with van der Waals surface area (Å²) < 4.78 is 16.8. The number of fused-ring (bicyclic) bond motifs is 1. The van der Waals surface area contributed by atoms with Crippen molar-refractivity contribution in [3.63, 3.8) is 0 Å². The summed E-state index contributed by atoms with van der Waals surface area (Å²) in [5, 5.41) is 2.59. The number of nitrogens with one attached hydrogen (secondary N) is 1. The predicted molar refractivity (Wildman–Crippen MR) is 108 cm³/mol. The minimum atomic E-state index is -0.831. The molecule has 1 aromatic rings. The van der Waals surface area contributed by atoms with Gasteiger partial charge in [-0.1, -0.05) is 13.8 Å². The van der Waals surface area contributed by atoms with Crippen molar-refractivity contribution in [3.8, 4) is 11.5 Å². The van der Waals surface area contributed by atoms with E-state index in [4.69, 9.17) is 14.2 Å². The van der Waals surface area contributed by atoms with Gasteiger partial charge in [-0.15, -0.1) is 0 Å². The van der Waals surface area contributed by atoms with E-state index in [2.05, 4.69) is 19.2 Å². The van der Waals surface area contributed by atoms with Crippen molar-refractivity contribution in [3.05, 3.63) is 18.2 Å². The van der Waals surface area contributed by atoms with E-state index in [-0.39, 0.29) is 12.5 Å². The molecule has 1 aliphatic rings. The first-order valence-corrected chi connectivity index (χ1v) is 9.73. The fraction of sp³-hybridized carbons (Fsp3) is 0.619. The number of hydrogen-bond donors (Lipinski definition) is 1. The largest absolute Gasteiger partial charge is 0.494 e. The molecule has 0 unspecified atom stereocenters. The van der Waals surface area contributed by atoms with Gasteiger partial charge in [0.25, 0.3) is 5.91 Å². The molecule has 0 bridgehead atoms. The number of likely N-dealkylation sites (N-methyl/N-ethyl adjacent to an activating group) is 1. The molecule has 1 heterocycles. The quantitative estimate of drug-likeness (QED) is 0.746. The molecule has 1 aromatic carbocycles. The third-order valence-corrected chi connectivity index (χ3v) is 4.21. The van der Waals surface area contributed by atoms with Crippen LogP contribution in [0.5, 0.6) is 11.5 Å². The number of benzene rings is 1. The minimum absolute atomic E-state index is 0.0318. The molecular formula is C21H32N2O5. The van der Waals surface area contributed by atoms with Crippen molar-refractivity contribution < 1.29 is 23.8 Å². The van der Waals surface area contributed by atoms with Crippen molar-refractivity contribution in [2.45, 2.75) is 59.1 Å². The summed E-state index contributed by atoms with van der Waals surface area (Å²) in [6, 6.07) is 4.57. The molecule has 7 nitrogen and oxygen atoms in total. The Bertz CT molecular complexity index is 697. The second kappa shape index (κ2) is 9.17. The number of anilines is 1. The van der Waals surface area contributed by atoms with E-state index in [9.17, 15) is 9.59 Å². The third-order valence-electron chi connectivity index (χ3n) is 4.21. The van der Waals surface area contributed by atoms with Gasteiger partial charge in [-0.05, 0) is 51.7 Å². The molecule has 0 spiro atoms. The Morgan fingerprint density at radius 1 is 1.36 bits per heavy atom. The molecule has 1 atom stereocenters. The lowest BCUT2D eigenvalue weighted by atomic mass is 10.1. The van der Waals surface area contributed by atoms with E-state index >= 15 is 0 Å². The monoisotopic (exact) mass is 392 g/mol. The molecular weight excluding hydrogens is 360 g/mol. The zero-order valence-corrected chi connectivity index (χ0v) is 17.7. The molecule has 0 saturated carbocycles. The van der Waals surface area contributed by atoms with Crippen molar-refractivity contribution in [1.82, 2.24) is 5.32 Å². The summed E-state index contributed by atoms with van der Waals surface area (Å²) in [6.45, 7) is 10.3. The molecule has 7 heteroatoms. The molecule has 1 N–H and O–H groups in total. The molecule has 0 aliphatic carbocycles. The highest BCUT2D eigenvalue weighted by Crippen LogP contribution is 2.34.